The summed E-state index contributed by atoms with van der Waals surface area (Å²) in [5.41, 5.74) is 15.0. The molecule has 388 valence electrons. The van der Waals surface area contributed by atoms with Crippen molar-refractivity contribution in [3.05, 3.63) is 291 Å². The molecule has 0 radical (unpaired) electrons. The van der Waals surface area contributed by atoms with Crippen LogP contribution in [0.1, 0.15) is 0 Å². The van der Waals surface area contributed by atoms with Gasteiger partial charge < -0.3 is 0 Å². The van der Waals surface area contributed by atoms with Gasteiger partial charge in [-0.15, -0.1) is 22.7 Å². The summed E-state index contributed by atoms with van der Waals surface area (Å²) >= 11 is 3.89. The van der Waals surface area contributed by atoms with Crippen molar-refractivity contribution in [2.75, 3.05) is 0 Å². The Bertz CT molecular complexity index is 5310. The van der Waals surface area contributed by atoms with Crippen LogP contribution >= 0.6 is 22.7 Å². The van der Waals surface area contributed by atoms with Crippen molar-refractivity contribution in [1.29, 1.82) is 0 Å². The van der Waals surface area contributed by atoms with E-state index in [1.165, 1.54) is 183 Å². The van der Waals surface area contributed by atoms with Gasteiger partial charge in [0.2, 0.25) is 0 Å². The predicted molar refractivity (Wildman–Crippen MR) is 367 cm³/mol. The fourth-order valence-electron chi connectivity index (χ4n) is 14.2. The summed E-state index contributed by atoms with van der Waals surface area (Å²) in [7, 11) is 0. The number of fused-ring (bicyclic) bond motifs is 16. The van der Waals surface area contributed by atoms with Gasteiger partial charge >= 0.3 is 0 Å². The van der Waals surface area contributed by atoms with Crippen molar-refractivity contribution in [2.24, 2.45) is 0 Å². The Morgan fingerprint density at radius 2 is 0.429 bits per heavy atom. The van der Waals surface area contributed by atoms with Crippen LogP contribution in [0.4, 0.5) is 0 Å². The molecule has 0 amide bonds. The van der Waals surface area contributed by atoms with Crippen LogP contribution in [0, 0.1) is 0 Å². The lowest BCUT2D eigenvalue weighted by atomic mass is 9.85. The highest BCUT2D eigenvalue weighted by atomic mass is 32.1. The molecule has 0 spiro atoms. The first kappa shape index (κ1) is 47.4. The lowest BCUT2D eigenvalue weighted by molar-refractivity contribution is 1.63. The minimum atomic E-state index is 1.22. The summed E-state index contributed by atoms with van der Waals surface area (Å²) in [4.78, 5) is 0. The molecule has 0 aliphatic heterocycles. The summed E-state index contributed by atoms with van der Waals surface area (Å²) in [6.45, 7) is 0. The zero-order chi connectivity index (χ0) is 55.0. The molecule has 0 nitrogen and oxygen atoms in total. The van der Waals surface area contributed by atoms with Crippen LogP contribution in [-0.2, 0) is 0 Å². The largest absolute Gasteiger partial charge is 0.134 e. The third kappa shape index (κ3) is 7.25. The summed E-state index contributed by atoms with van der Waals surface area (Å²) in [5, 5.41) is 23.2. The number of rotatable bonds is 6. The van der Waals surface area contributed by atoms with Crippen LogP contribution < -0.4 is 0 Å². The van der Waals surface area contributed by atoms with E-state index < -0.39 is 0 Å². The van der Waals surface area contributed by atoms with Gasteiger partial charge in [-0.2, -0.15) is 0 Å². The topological polar surface area (TPSA) is 0 Å². The van der Waals surface area contributed by atoms with Crippen LogP contribution in [0.15, 0.2) is 291 Å². The Morgan fingerprint density at radius 3 is 0.774 bits per heavy atom. The second-order valence-electron chi connectivity index (χ2n) is 22.5. The molecule has 2 heteroatoms. The van der Waals surface area contributed by atoms with Gasteiger partial charge in [-0.25, -0.2) is 0 Å². The molecular weight excluding hydrogens is 1050 g/mol. The Hall–Kier alpha value is -10.2. The predicted octanol–water partition coefficient (Wildman–Crippen LogP) is 24.5. The van der Waals surface area contributed by atoms with E-state index in [2.05, 4.69) is 291 Å². The summed E-state index contributed by atoms with van der Waals surface area (Å²) in [6, 6.07) is 109. The lowest BCUT2D eigenvalue weighted by Crippen LogP contribution is -1.91. The van der Waals surface area contributed by atoms with Gasteiger partial charge in [-0.1, -0.05) is 267 Å². The van der Waals surface area contributed by atoms with Gasteiger partial charge in [0.15, 0.2) is 0 Å². The standard InChI is InChI=1S/C82H48S2/c1-3-17-55-45-59(39-33-49(55)15-1)77-65-23-9-5-19-61(65)75(62-20-6-10-24-66(62)77)53-35-29-51(30-36-53)57-41-43-71-73(47-57)83-81-79(71)69-27-13-14-28-70(69)80-72-44-42-58(48-74(72)84-82(80)81)52-31-37-54(38-32-52)76-63-21-7-11-25-67(63)78(68-26-12-8-22-64(68)76)60-40-34-50-16-2-4-18-56(50)46-60/h1-48H. The zero-order valence-electron chi connectivity index (χ0n) is 45.5. The fourth-order valence-corrected chi connectivity index (χ4v) is 16.8. The minimum absolute atomic E-state index is 1.22. The monoisotopic (exact) mass is 1100 g/mol. The van der Waals surface area contributed by atoms with E-state index in [1.807, 2.05) is 22.7 Å². The van der Waals surface area contributed by atoms with Crippen LogP contribution in [0.25, 0.3) is 183 Å². The first-order chi connectivity index (χ1) is 41.6. The van der Waals surface area contributed by atoms with E-state index in [4.69, 9.17) is 0 Å². The molecule has 0 unspecified atom stereocenters. The first-order valence-electron chi connectivity index (χ1n) is 29.0. The fraction of sp³-hybridized carbons (Fsp3) is 0. The highest BCUT2D eigenvalue weighted by Crippen LogP contribution is 2.52. The molecule has 0 atom stereocenters. The highest BCUT2D eigenvalue weighted by molar-refractivity contribution is 7.34. The van der Waals surface area contributed by atoms with Crippen LogP contribution in [-0.4, -0.2) is 0 Å². The lowest BCUT2D eigenvalue weighted by Gasteiger charge is -2.18. The summed E-state index contributed by atoms with van der Waals surface area (Å²) < 4.78 is 5.37. The summed E-state index contributed by atoms with van der Waals surface area (Å²) in [5.74, 6) is 0. The van der Waals surface area contributed by atoms with Gasteiger partial charge in [-0.05, 0) is 166 Å². The molecule has 18 aromatic rings. The molecule has 2 aromatic heterocycles. The van der Waals surface area contributed by atoms with Gasteiger partial charge in [0, 0.05) is 30.9 Å². The zero-order valence-corrected chi connectivity index (χ0v) is 47.2. The first-order valence-corrected chi connectivity index (χ1v) is 30.6. The molecule has 0 N–H and O–H groups in total. The smallest absolute Gasteiger partial charge is 0.0540 e. The van der Waals surface area contributed by atoms with E-state index in [9.17, 15) is 0 Å². The number of hydrogen-bond donors (Lipinski definition) is 0. The molecule has 0 saturated carbocycles. The maximum atomic E-state index is 2.43. The molecule has 18 rings (SSSR count). The van der Waals surface area contributed by atoms with E-state index in [0.29, 0.717) is 0 Å². The quantitative estimate of drug-likeness (QED) is 0.146. The highest BCUT2D eigenvalue weighted by Gasteiger charge is 2.22. The third-order valence-electron chi connectivity index (χ3n) is 18.0. The minimum Gasteiger partial charge on any atom is -0.134 e. The van der Waals surface area contributed by atoms with E-state index >= 15 is 0 Å². The summed E-state index contributed by atoms with van der Waals surface area (Å²) in [6.07, 6.45) is 0. The third-order valence-corrected chi connectivity index (χ3v) is 20.5. The maximum absolute atomic E-state index is 2.43. The van der Waals surface area contributed by atoms with Crippen molar-refractivity contribution in [1.82, 2.24) is 0 Å². The van der Waals surface area contributed by atoms with Gasteiger partial charge in [0.25, 0.3) is 0 Å². The average Bonchev–Trinajstić information content (AvgIpc) is 2.53. The number of thiophene rings is 2. The molecule has 16 aromatic carbocycles. The van der Waals surface area contributed by atoms with Crippen molar-refractivity contribution >= 4 is 138 Å². The maximum Gasteiger partial charge on any atom is 0.0540 e. The second-order valence-corrected chi connectivity index (χ2v) is 24.6. The Morgan fingerprint density at radius 1 is 0.167 bits per heavy atom. The van der Waals surface area contributed by atoms with Crippen LogP contribution in [0.2, 0.25) is 0 Å². The van der Waals surface area contributed by atoms with Crippen molar-refractivity contribution in [3.8, 4) is 66.8 Å². The number of benzene rings is 16. The number of hydrogen-bond acceptors (Lipinski definition) is 2. The van der Waals surface area contributed by atoms with Gasteiger partial charge in [-0.3, -0.25) is 0 Å². The van der Waals surface area contributed by atoms with E-state index in [1.54, 1.807) is 0 Å². The molecule has 0 fully saturated rings. The normalized spacial score (nSPS) is 12.0. The SMILES string of the molecule is c1ccc2cc(-c3c4ccccc4c(-c4ccc(-c5ccc6c(c5)sc5c7sc8cc(-c9ccc(-c%10c%11ccccc%11c(-c%11ccc%12ccccc%12c%11)c%11ccccc%10%11)cc9)ccc8c7c7ccccc7c65)cc4)c4ccccc34)ccc2c1. The van der Waals surface area contributed by atoms with E-state index in [0.717, 1.165) is 0 Å². The van der Waals surface area contributed by atoms with Crippen LogP contribution in [0.5, 0.6) is 0 Å². The van der Waals surface area contributed by atoms with E-state index in [-0.39, 0.29) is 0 Å². The molecular formula is C82H48S2. The molecule has 0 saturated heterocycles. The van der Waals surface area contributed by atoms with Crippen LogP contribution in [0.3, 0.4) is 0 Å². The van der Waals surface area contributed by atoms with Gasteiger partial charge in [0.1, 0.15) is 0 Å². The van der Waals surface area contributed by atoms with Crippen molar-refractivity contribution in [2.45, 2.75) is 0 Å². The Kier molecular flexibility index (Phi) is 10.5. The second kappa shape index (κ2) is 18.7. The molecule has 0 aliphatic rings. The molecule has 0 aliphatic carbocycles. The Balaban J connectivity index is 0.711. The molecule has 2 heterocycles. The molecule has 84 heavy (non-hydrogen) atoms. The average molecular weight is 1100 g/mol. The van der Waals surface area contributed by atoms with Crippen molar-refractivity contribution < 1.29 is 0 Å². The van der Waals surface area contributed by atoms with Gasteiger partial charge in [0.05, 0.1) is 9.40 Å². The van der Waals surface area contributed by atoms with Crippen molar-refractivity contribution in [3.63, 3.8) is 0 Å². The Labute approximate surface area is 493 Å². The molecule has 0 bridgehead atoms.